The molecule has 1 saturated carbocycles. The molecule has 21 heavy (non-hydrogen) atoms. The Morgan fingerprint density at radius 2 is 2.14 bits per heavy atom. The Kier molecular flexibility index (Phi) is 4.89. The summed E-state index contributed by atoms with van der Waals surface area (Å²) >= 11 is 0. The number of benzene rings is 1. The molecule has 118 valence electrons. The second-order valence-electron chi connectivity index (χ2n) is 6.56. The van der Waals surface area contributed by atoms with E-state index in [-0.39, 0.29) is 17.4 Å². The number of nitrogens with two attached hydrogens (primary N) is 1. The van der Waals surface area contributed by atoms with Gasteiger partial charge in [0.2, 0.25) is 0 Å². The molecule has 2 rings (SSSR count). The van der Waals surface area contributed by atoms with E-state index in [1.165, 1.54) is 12.5 Å². The minimum Gasteiger partial charge on any atom is -0.497 e. The van der Waals surface area contributed by atoms with Gasteiger partial charge in [-0.15, -0.1) is 0 Å². The summed E-state index contributed by atoms with van der Waals surface area (Å²) in [6, 6.07) is 4.64. The number of ether oxygens (including phenoxy) is 1. The maximum atomic E-state index is 14.4. The van der Waals surface area contributed by atoms with Crippen LogP contribution in [0.1, 0.15) is 44.2 Å². The Morgan fingerprint density at radius 3 is 2.67 bits per heavy atom. The van der Waals surface area contributed by atoms with Gasteiger partial charge in [0.15, 0.2) is 0 Å². The fraction of sp³-hybridized carbons (Fsp3) is 0.647. The summed E-state index contributed by atoms with van der Waals surface area (Å²) in [7, 11) is 5.65. The zero-order valence-electron chi connectivity index (χ0n) is 13.5. The van der Waals surface area contributed by atoms with Gasteiger partial charge in [-0.1, -0.05) is 25.8 Å². The Bertz CT molecular complexity index is 492. The number of methoxy groups -OCH3 is 1. The highest BCUT2D eigenvalue weighted by Gasteiger charge is 2.43. The van der Waals surface area contributed by atoms with Gasteiger partial charge >= 0.3 is 0 Å². The topological polar surface area (TPSA) is 38.5 Å². The number of halogens is 1. The van der Waals surface area contributed by atoms with Crippen LogP contribution in [-0.2, 0) is 0 Å². The van der Waals surface area contributed by atoms with Crippen molar-refractivity contribution in [1.82, 2.24) is 4.90 Å². The zero-order valence-corrected chi connectivity index (χ0v) is 13.5. The molecule has 0 aliphatic heterocycles. The highest BCUT2D eigenvalue weighted by molar-refractivity contribution is 5.32. The van der Waals surface area contributed by atoms with Gasteiger partial charge in [0, 0.05) is 17.2 Å². The highest BCUT2D eigenvalue weighted by atomic mass is 19.1. The van der Waals surface area contributed by atoms with Crippen molar-refractivity contribution >= 4 is 0 Å². The van der Waals surface area contributed by atoms with E-state index < -0.39 is 0 Å². The van der Waals surface area contributed by atoms with E-state index in [4.69, 9.17) is 10.5 Å². The van der Waals surface area contributed by atoms with Crippen LogP contribution in [0.3, 0.4) is 0 Å². The van der Waals surface area contributed by atoms with Crippen molar-refractivity contribution in [3.63, 3.8) is 0 Å². The summed E-state index contributed by atoms with van der Waals surface area (Å²) < 4.78 is 19.5. The van der Waals surface area contributed by atoms with E-state index in [0.717, 1.165) is 19.3 Å². The lowest BCUT2D eigenvalue weighted by atomic mass is 9.70. The monoisotopic (exact) mass is 294 g/mol. The number of rotatable bonds is 4. The number of hydrogen-bond donors (Lipinski definition) is 1. The fourth-order valence-corrected chi connectivity index (χ4v) is 3.71. The van der Waals surface area contributed by atoms with Crippen molar-refractivity contribution in [2.24, 2.45) is 11.7 Å². The van der Waals surface area contributed by atoms with Gasteiger partial charge in [-0.05, 0) is 38.9 Å². The summed E-state index contributed by atoms with van der Waals surface area (Å²) in [5, 5.41) is 0. The van der Waals surface area contributed by atoms with Gasteiger partial charge in [-0.2, -0.15) is 0 Å². The van der Waals surface area contributed by atoms with E-state index in [0.29, 0.717) is 17.2 Å². The Hall–Kier alpha value is -1.13. The summed E-state index contributed by atoms with van der Waals surface area (Å²) in [4.78, 5) is 2.19. The van der Waals surface area contributed by atoms with Crippen LogP contribution in [0.5, 0.6) is 5.75 Å². The summed E-state index contributed by atoms with van der Waals surface area (Å²) in [6.07, 6.45) is 4.39. The largest absolute Gasteiger partial charge is 0.497 e. The number of nitrogens with zero attached hydrogens (tertiary/aromatic N) is 1. The van der Waals surface area contributed by atoms with Crippen molar-refractivity contribution in [3.05, 3.63) is 29.6 Å². The Labute approximate surface area is 127 Å². The first-order valence-corrected chi connectivity index (χ1v) is 7.67. The molecule has 0 amide bonds. The van der Waals surface area contributed by atoms with Gasteiger partial charge in [0.05, 0.1) is 13.2 Å². The lowest BCUT2D eigenvalue weighted by Gasteiger charge is -2.49. The minimum absolute atomic E-state index is 0.174. The predicted octanol–water partition coefficient (Wildman–Crippen LogP) is 3.34. The van der Waals surface area contributed by atoms with Crippen molar-refractivity contribution in [2.45, 2.75) is 44.2 Å². The average molecular weight is 294 g/mol. The molecule has 1 fully saturated rings. The van der Waals surface area contributed by atoms with Crippen LogP contribution in [0, 0.1) is 11.7 Å². The maximum absolute atomic E-state index is 14.4. The smallest absolute Gasteiger partial charge is 0.131 e. The molecule has 1 aliphatic carbocycles. The van der Waals surface area contributed by atoms with Gasteiger partial charge in [0.25, 0.3) is 0 Å². The second-order valence-corrected chi connectivity index (χ2v) is 6.56. The van der Waals surface area contributed by atoms with Crippen molar-refractivity contribution in [1.29, 1.82) is 0 Å². The van der Waals surface area contributed by atoms with E-state index in [9.17, 15) is 4.39 Å². The quantitative estimate of drug-likeness (QED) is 0.925. The SMILES string of the molecule is COc1ccc(C(N)C2(N(C)C)CCCC(C)C2)c(F)c1. The highest BCUT2D eigenvalue weighted by Crippen LogP contribution is 2.43. The molecule has 1 aromatic rings. The van der Waals surface area contributed by atoms with E-state index >= 15 is 0 Å². The molecule has 0 bridgehead atoms. The van der Waals surface area contributed by atoms with Gasteiger partial charge < -0.3 is 15.4 Å². The third-order valence-electron chi connectivity index (χ3n) is 5.02. The first kappa shape index (κ1) is 16.2. The average Bonchev–Trinajstić information content (AvgIpc) is 2.46. The molecule has 4 heteroatoms. The van der Waals surface area contributed by atoms with Crippen molar-refractivity contribution in [3.8, 4) is 5.75 Å². The van der Waals surface area contributed by atoms with Crippen LogP contribution in [-0.4, -0.2) is 31.6 Å². The molecule has 0 saturated heterocycles. The third-order valence-corrected chi connectivity index (χ3v) is 5.02. The molecule has 3 atom stereocenters. The van der Waals surface area contributed by atoms with Gasteiger partial charge in [0.1, 0.15) is 11.6 Å². The fourth-order valence-electron chi connectivity index (χ4n) is 3.71. The van der Waals surface area contributed by atoms with Gasteiger partial charge in [-0.3, -0.25) is 0 Å². The van der Waals surface area contributed by atoms with E-state index in [2.05, 4.69) is 25.9 Å². The lowest BCUT2D eigenvalue weighted by molar-refractivity contribution is 0.0488. The summed E-state index contributed by atoms with van der Waals surface area (Å²) in [5.74, 6) is 0.870. The molecule has 0 radical (unpaired) electrons. The summed E-state index contributed by atoms with van der Waals surface area (Å²) in [5.41, 5.74) is 6.95. The molecule has 0 aromatic heterocycles. The Morgan fingerprint density at radius 1 is 1.43 bits per heavy atom. The van der Waals surface area contributed by atoms with Crippen LogP contribution in [0.25, 0.3) is 0 Å². The molecule has 3 unspecified atom stereocenters. The van der Waals surface area contributed by atoms with Gasteiger partial charge in [-0.25, -0.2) is 4.39 Å². The predicted molar refractivity (Wildman–Crippen MR) is 83.9 cm³/mol. The van der Waals surface area contributed by atoms with Crippen molar-refractivity contribution < 1.29 is 9.13 Å². The molecular formula is C17H27FN2O. The first-order valence-electron chi connectivity index (χ1n) is 7.67. The van der Waals surface area contributed by atoms with Crippen LogP contribution in [0.4, 0.5) is 4.39 Å². The number of hydrogen-bond acceptors (Lipinski definition) is 3. The van der Waals surface area contributed by atoms with Crippen LogP contribution < -0.4 is 10.5 Å². The normalized spacial score (nSPS) is 27.7. The molecule has 3 nitrogen and oxygen atoms in total. The lowest BCUT2D eigenvalue weighted by Crippen LogP contribution is -2.55. The first-order chi connectivity index (χ1) is 9.90. The van der Waals surface area contributed by atoms with E-state index in [1.807, 2.05) is 0 Å². The second kappa shape index (κ2) is 6.32. The molecule has 1 aliphatic rings. The molecular weight excluding hydrogens is 267 g/mol. The van der Waals surface area contributed by atoms with Crippen LogP contribution in [0.15, 0.2) is 18.2 Å². The van der Waals surface area contributed by atoms with E-state index in [1.54, 1.807) is 19.2 Å². The van der Waals surface area contributed by atoms with Crippen LogP contribution in [0.2, 0.25) is 0 Å². The molecule has 0 heterocycles. The summed E-state index contributed by atoms with van der Waals surface area (Å²) in [6.45, 7) is 2.26. The Balaban J connectivity index is 2.37. The zero-order chi connectivity index (χ0) is 15.6. The minimum atomic E-state index is -0.332. The maximum Gasteiger partial charge on any atom is 0.131 e. The molecule has 2 N–H and O–H groups in total. The molecule has 0 spiro atoms. The standard InChI is InChI=1S/C17H27FN2O/c1-12-6-5-9-17(11-12,20(2)3)16(19)14-8-7-13(21-4)10-15(14)18/h7-8,10,12,16H,5-6,9,11,19H2,1-4H3. The third kappa shape index (κ3) is 3.06. The van der Waals surface area contributed by atoms with Crippen molar-refractivity contribution in [2.75, 3.05) is 21.2 Å². The number of likely N-dealkylation sites (N-methyl/N-ethyl adjacent to an activating group) is 1. The van der Waals surface area contributed by atoms with Crippen LogP contribution >= 0.6 is 0 Å². The molecule has 1 aromatic carbocycles.